The summed E-state index contributed by atoms with van der Waals surface area (Å²) in [5.41, 5.74) is 2.90. The molecule has 0 saturated carbocycles. The molecule has 0 radical (unpaired) electrons. The van der Waals surface area contributed by atoms with Gasteiger partial charge in [0.25, 0.3) is 0 Å². The molecule has 3 heterocycles. The lowest BCUT2D eigenvalue weighted by Crippen LogP contribution is -2.48. The van der Waals surface area contributed by atoms with Gasteiger partial charge in [0.1, 0.15) is 0 Å². The molecule has 3 aromatic rings. The Kier molecular flexibility index (Phi) is 9.07. The molecule has 200 valence electrons. The molecule has 10 nitrogen and oxygen atoms in total. The molecule has 0 bridgehead atoms. The Bertz CT molecular complexity index is 1230. The molecule has 2 aromatic heterocycles. The van der Waals surface area contributed by atoms with E-state index in [4.69, 9.17) is 9.47 Å². The largest absolute Gasteiger partial charge is 0.466 e. The van der Waals surface area contributed by atoms with E-state index in [1.165, 1.54) is 0 Å². The van der Waals surface area contributed by atoms with Crippen LogP contribution in [-0.2, 0) is 19.1 Å². The van der Waals surface area contributed by atoms with Crippen molar-refractivity contribution in [1.29, 1.82) is 0 Å². The molecule has 1 aliphatic heterocycles. The number of esters is 2. The van der Waals surface area contributed by atoms with Crippen LogP contribution in [-0.4, -0.2) is 76.9 Å². The van der Waals surface area contributed by atoms with Crippen molar-refractivity contribution < 1.29 is 23.9 Å². The van der Waals surface area contributed by atoms with E-state index in [1.807, 2.05) is 47.4 Å². The number of pyridine rings is 1. The zero-order valence-electron chi connectivity index (χ0n) is 21.8. The zero-order chi connectivity index (χ0) is 26.9. The molecular formula is C28H33N5O5. The van der Waals surface area contributed by atoms with E-state index in [0.29, 0.717) is 38.4 Å². The maximum Gasteiger partial charge on any atom is 0.358 e. The lowest BCUT2D eigenvalue weighted by atomic mass is 10.1. The van der Waals surface area contributed by atoms with Crippen LogP contribution in [0.15, 0.2) is 54.7 Å². The second-order valence-electron chi connectivity index (χ2n) is 8.81. The number of piperazine rings is 1. The van der Waals surface area contributed by atoms with Crippen molar-refractivity contribution in [3.8, 4) is 17.1 Å². The minimum atomic E-state index is -0.478. The lowest BCUT2D eigenvalue weighted by molar-refractivity contribution is -0.143. The first kappa shape index (κ1) is 26.8. The molecule has 38 heavy (non-hydrogen) atoms. The quantitative estimate of drug-likeness (QED) is 0.375. The van der Waals surface area contributed by atoms with Crippen LogP contribution in [0.25, 0.3) is 17.1 Å². The zero-order valence-corrected chi connectivity index (χ0v) is 21.8. The molecule has 4 rings (SSSR count). The molecular weight excluding hydrogens is 486 g/mol. The van der Waals surface area contributed by atoms with Crippen molar-refractivity contribution in [1.82, 2.24) is 19.7 Å². The van der Waals surface area contributed by atoms with E-state index >= 15 is 0 Å². The number of hydrogen-bond donors (Lipinski definition) is 0. The van der Waals surface area contributed by atoms with Gasteiger partial charge in [-0.15, -0.1) is 0 Å². The number of carbonyl (C=O) groups is 3. The van der Waals surface area contributed by atoms with Gasteiger partial charge in [-0.3, -0.25) is 9.59 Å². The summed E-state index contributed by atoms with van der Waals surface area (Å²) in [6, 6.07) is 15.3. The standard InChI is InChI=1S/C28H33N5O5/c1-3-37-27(35)10-7-9-26(34)32-18-16-31(17-19-32)22-13-11-21(12-14-22)24-20-23(28(36)38-4-2)30-33(24)25-8-5-6-15-29-25/h5-6,8,11-15,20H,3-4,7,9-10,16-19H2,1-2H3. The van der Waals surface area contributed by atoms with Gasteiger partial charge >= 0.3 is 11.9 Å². The third-order valence-electron chi connectivity index (χ3n) is 6.30. The summed E-state index contributed by atoms with van der Waals surface area (Å²) in [7, 11) is 0. The van der Waals surface area contributed by atoms with Crippen LogP contribution in [0, 0.1) is 0 Å². The summed E-state index contributed by atoms with van der Waals surface area (Å²) in [4.78, 5) is 44.8. The van der Waals surface area contributed by atoms with Crippen molar-refractivity contribution in [2.24, 2.45) is 0 Å². The van der Waals surface area contributed by atoms with E-state index < -0.39 is 5.97 Å². The molecule has 1 amide bonds. The number of rotatable bonds is 10. The Hall–Kier alpha value is -4.21. The maximum absolute atomic E-state index is 12.5. The fourth-order valence-electron chi connectivity index (χ4n) is 4.38. The monoisotopic (exact) mass is 519 g/mol. The topological polar surface area (TPSA) is 107 Å². The van der Waals surface area contributed by atoms with Crippen molar-refractivity contribution in [2.75, 3.05) is 44.3 Å². The van der Waals surface area contributed by atoms with Crippen LogP contribution in [0.2, 0.25) is 0 Å². The molecule has 10 heteroatoms. The Balaban J connectivity index is 1.40. The summed E-state index contributed by atoms with van der Waals surface area (Å²) < 4.78 is 11.7. The summed E-state index contributed by atoms with van der Waals surface area (Å²) in [6.45, 7) is 6.88. The number of carbonyl (C=O) groups excluding carboxylic acids is 3. The molecule has 1 aromatic carbocycles. The Labute approximate surface area is 222 Å². The maximum atomic E-state index is 12.5. The average molecular weight is 520 g/mol. The third kappa shape index (κ3) is 6.56. The van der Waals surface area contributed by atoms with Crippen molar-refractivity contribution in [2.45, 2.75) is 33.1 Å². The Morgan fingerprint density at radius 3 is 2.29 bits per heavy atom. The highest BCUT2D eigenvalue weighted by Crippen LogP contribution is 2.27. The SMILES string of the molecule is CCOC(=O)CCCC(=O)N1CCN(c2ccc(-c3cc(C(=O)OCC)nn3-c3ccccn3)cc2)CC1. The third-order valence-corrected chi connectivity index (χ3v) is 6.30. The summed E-state index contributed by atoms with van der Waals surface area (Å²) >= 11 is 0. The minimum Gasteiger partial charge on any atom is -0.466 e. The molecule has 0 N–H and O–H groups in total. The highest BCUT2D eigenvalue weighted by molar-refractivity contribution is 5.89. The minimum absolute atomic E-state index is 0.0736. The van der Waals surface area contributed by atoms with Crippen LogP contribution in [0.1, 0.15) is 43.6 Å². The van der Waals surface area contributed by atoms with E-state index in [-0.39, 0.29) is 30.6 Å². The number of nitrogens with zero attached hydrogens (tertiary/aromatic N) is 5. The van der Waals surface area contributed by atoms with Crippen molar-refractivity contribution >= 4 is 23.5 Å². The number of amides is 1. The average Bonchev–Trinajstić information content (AvgIpc) is 3.40. The predicted octanol–water partition coefficient (Wildman–Crippen LogP) is 3.49. The van der Waals surface area contributed by atoms with Crippen LogP contribution in [0.5, 0.6) is 0 Å². The van der Waals surface area contributed by atoms with Crippen LogP contribution < -0.4 is 4.90 Å². The van der Waals surface area contributed by atoms with Gasteiger partial charge in [0.15, 0.2) is 11.5 Å². The number of anilines is 1. The van der Waals surface area contributed by atoms with Crippen LogP contribution >= 0.6 is 0 Å². The highest BCUT2D eigenvalue weighted by Gasteiger charge is 2.22. The highest BCUT2D eigenvalue weighted by atomic mass is 16.5. The fraction of sp³-hybridized carbons (Fsp3) is 0.393. The van der Waals surface area contributed by atoms with E-state index in [2.05, 4.69) is 15.0 Å². The molecule has 0 atom stereocenters. The summed E-state index contributed by atoms with van der Waals surface area (Å²) in [5, 5.41) is 4.46. The number of ether oxygens (including phenoxy) is 2. The van der Waals surface area contributed by atoms with Gasteiger partial charge < -0.3 is 19.3 Å². The van der Waals surface area contributed by atoms with Gasteiger partial charge in [0.05, 0.1) is 18.9 Å². The molecule has 1 saturated heterocycles. The van der Waals surface area contributed by atoms with Crippen LogP contribution in [0.4, 0.5) is 5.69 Å². The van der Waals surface area contributed by atoms with E-state index in [9.17, 15) is 14.4 Å². The van der Waals surface area contributed by atoms with Gasteiger partial charge in [-0.25, -0.2) is 14.5 Å². The van der Waals surface area contributed by atoms with E-state index in [1.54, 1.807) is 30.8 Å². The Morgan fingerprint density at radius 2 is 1.63 bits per heavy atom. The molecule has 0 unspecified atom stereocenters. The van der Waals surface area contributed by atoms with Gasteiger partial charge in [-0.05, 0) is 50.6 Å². The molecule has 1 fully saturated rings. The van der Waals surface area contributed by atoms with Crippen molar-refractivity contribution in [3.05, 3.63) is 60.4 Å². The fourth-order valence-corrected chi connectivity index (χ4v) is 4.38. The predicted molar refractivity (Wildman–Crippen MR) is 142 cm³/mol. The molecule has 0 spiro atoms. The van der Waals surface area contributed by atoms with Gasteiger partial charge in [-0.1, -0.05) is 18.2 Å². The molecule has 1 aliphatic rings. The normalized spacial score (nSPS) is 13.3. The Morgan fingerprint density at radius 1 is 0.895 bits per heavy atom. The first-order chi connectivity index (χ1) is 18.5. The first-order valence-corrected chi connectivity index (χ1v) is 13.0. The summed E-state index contributed by atoms with van der Waals surface area (Å²) in [6.07, 6.45) is 2.81. The second kappa shape index (κ2) is 12.8. The molecule has 0 aliphatic carbocycles. The lowest BCUT2D eigenvalue weighted by Gasteiger charge is -2.36. The number of hydrogen-bond acceptors (Lipinski definition) is 8. The second-order valence-corrected chi connectivity index (χ2v) is 8.81. The smallest absolute Gasteiger partial charge is 0.358 e. The van der Waals surface area contributed by atoms with Gasteiger partial charge in [-0.2, -0.15) is 5.10 Å². The number of benzene rings is 1. The van der Waals surface area contributed by atoms with Crippen molar-refractivity contribution in [3.63, 3.8) is 0 Å². The van der Waals surface area contributed by atoms with E-state index in [0.717, 1.165) is 30.0 Å². The van der Waals surface area contributed by atoms with Crippen LogP contribution in [0.3, 0.4) is 0 Å². The summed E-state index contributed by atoms with van der Waals surface area (Å²) in [5.74, 6) is -0.0585. The first-order valence-electron chi connectivity index (χ1n) is 13.0. The van der Waals surface area contributed by atoms with Gasteiger partial charge in [0.2, 0.25) is 5.91 Å². The van der Waals surface area contributed by atoms with Gasteiger partial charge in [0, 0.05) is 56.5 Å². The number of aromatic nitrogens is 3.